The van der Waals surface area contributed by atoms with Gasteiger partial charge in [-0.25, -0.2) is 18.4 Å². The maximum absolute atomic E-state index is 13.1. The summed E-state index contributed by atoms with van der Waals surface area (Å²) in [6.45, 7) is 1.49. The molecule has 0 atom stereocenters. The van der Waals surface area contributed by atoms with Crippen molar-refractivity contribution in [2.45, 2.75) is 18.2 Å². The largest absolute Gasteiger partial charge is 0.337 e. The highest BCUT2D eigenvalue weighted by Gasteiger charge is 2.19. The van der Waals surface area contributed by atoms with Crippen LogP contribution in [0.4, 0.5) is 17.3 Å². The molecule has 3 aromatic carbocycles. The molecule has 0 saturated carbocycles. The Balaban J connectivity index is 1.51. The number of Topliss-reactive ketones (excluding diaryl/α,β-unsaturated/α-hetero) is 1. The first-order valence-corrected chi connectivity index (χ1v) is 12.5. The first-order chi connectivity index (χ1) is 16.4. The van der Waals surface area contributed by atoms with Gasteiger partial charge in [0.1, 0.15) is 16.8 Å². The molecule has 0 aliphatic carbocycles. The van der Waals surface area contributed by atoms with Crippen molar-refractivity contribution in [2.24, 2.45) is 0 Å². The standard InChI is InChI=1S/C23H18N6O3S2/c1-14(30)12-15-6-9-17(10-7-15)34(31,32)29-23-22(25-18-4-2-3-5-19(18)26-23)24-16-8-11-20-21(13-16)28-33-27-20/h2-11,13H,12H2,1H3,(H,24,25)(H,26,29). The molecule has 0 amide bonds. The average molecular weight is 491 g/mol. The second kappa shape index (κ2) is 8.76. The van der Waals surface area contributed by atoms with Gasteiger partial charge >= 0.3 is 0 Å². The fraction of sp³-hybridized carbons (Fsp3) is 0.0870. The third-order valence-electron chi connectivity index (χ3n) is 5.00. The molecule has 0 unspecified atom stereocenters. The topological polar surface area (TPSA) is 127 Å². The quantitative estimate of drug-likeness (QED) is 0.346. The van der Waals surface area contributed by atoms with E-state index >= 15 is 0 Å². The molecule has 5 rings (SSSR count). The van der Waals surface area contributed by atoms with Crippen LogP contribution in [0.1, 0.15) is 12.5 Å². The molecule has 0 aliphatic rings. The van der Waals surface area contributed by atoms with Gasteiger partial charge in [0.25, 0.3) is 10.0 Å². The van der Waals surface area contributed by atoms with Gasteiger partial charge in [-0.15, -0.1) is 0 Å². The molecule has 0 fully saturated rings. The number of carbonyl (C=O) groups excluding carboxylic acids is 1. The molecule has 0 bridgehead atoms. The Kier molecular flexibility index (Phi) is 5.64. The van der Waals surface area contributed by atoms with Crippen LogP contribution in [0.5, 0.6) is 0 Å². The van der Waals surface area contributed by atoms with Crippen LogP contribution in [-0.4, -0.2) is 32.9 Å². The lowest BCUT2D eigenvalue weighted by atomic mass is 10.1. The maximum Gasteiger partial charge on any atom is 0.263 e. The van der Waals surface area contributed by atoms with Crippen molar-refractivity contribution in [2.75, 3.05) is 10.0 Å². The van der Waals surface area contributed by atoms with E-state index in [9.17, 15) is 13.2 Å². The maximum atomic E-state index is 13.1. The third-order valence-corrected chi connectivity index (χ3v) is 6.92. The Bertz CT molecular complexity index is 1630. The number of carbonyl (C=O) groups is 1. The highest BCUT2D eigenvalue weighted by molar-refractivity contribution is 7.92. The van der Waals surface area contributed by atoms with Crippen LogP contribution in [-0.2, 0) is 21.2 Å². The van der Waals surface area contributed by atoms with Gasteiger partial charge in [-0.3, -0.25) is 9.52 Å². The van der Waals surface area contributed by atoms with Crippen LogP contribution < -0.4 is 10.0 Å². The minimum atomic E-state index is -3.97. The van der Waals surface area contributed by atoms with Gasteiger partial charge in [0, 0.05) is 12.1 Å². The normalized spacial score (nSPS) is 11.6. The molecule has 170 valence electrons. The Labute approximate surface area is 199 Å². The molecule has 0 radical (unpaired) electrons. The van der Waals surface area contributed by atoms with Gasteiger partial charge in [-0.1, -0.05) is 24.3 Å². The molecule has 2 heterocycles. The highest BCUT2D eigenvalue weighted by atomic mass is 32.2. The summed E-state index contributed by atoms with van der Waals surface area (Å²) < 4.78 is 37.2. The number of hydrogen-bond acceptors (Lipinski definition) is 9. The van der Waals surface area contributed by atoms with Crippen LogP contribution in [0.2, 0.25) is 0 Å². The third kappa shape index (κ3) is 4.56. The summed E-state index contributed by atoms with van der Waals surface area (Å²) in [5.41, 5.74) is 4.05. The van der Waals surface area contributed by atoms with E-state index in [0.717, 1.165) is 28.3 Å². The molecular weight excluding hydrogens is 472 g/mol. The van der Waals surface area contributed by atoms with Crippen molar-refractivity contribution in [1.29, 1.82) is 0 Å². The minimum absolute atomic E-state index is 0.00232. The molecule has 0 saturated heterocycles. The smallest absolute Gasteiger partial charge is 0.263 e. The minimum Gasteiger partial charge on any atom is -0.337 e. The van der Waals surface area contributed by atoms with E-state index in [-0.39, 0.29) is 28.7 Å². The van der Waals surface area contributed by atoms with E-state index in [1.54, 1.807) is 30.3 Å². The van der Waals surface area contributed by atoms with Crippen LogP contribution in [0.15, 0.2) is 71.6 Å². The Morgan fingerprint density at radius 2 is 1.53 bits per heavy atom. The first kappa shape index (κ1) is 21.9. The second-order valence-electron chi connectivity index (χ2n) is 7.63. The summed E-state index contributed by atoms with van der Waals surface area (Å²) in [4.78, 5) is 20.5. The number of ketones is 1. The SMILES string of the molecule is CC(=O)Cc1ccc(S(=O)(=O)Nc2nc3ccccc3nc2Nc2ccc3nsnc3c2)cc1. The summed E-state index contributed by atoms with van der Waals surface area (Å²) in [6, 6.07) is 18.8. The summed E-state index contributed by atoms with van der Waals surface area (Å²) in [5.74, 6) is 0.309. The Hall–Kier alpha value is -3.96. The fourth-order valence-corrected chi connectivity index (χ4v) is 4.94. The number of nitrogens with one attached hydrogen (secondary N) is 2. The second-order valence-corrected chi connectivity index (χ2v) is 9.84. The van der Waals surface area contributed by atoms with E-state index in [4.69, 9.17) is 0 Å². The van der Waals surface area contributed by atoms with Crippen LogP contribution in [0.25, 0.3) is 22.1 Å². The van der Waals surface area contributed by atoms with Crippen LogP contribution in [0, 0.1) is 0 Å². The van der Waals surface area contributed by atoms with E-state index in [0.29, 0.717) is 16.7 Å². The zero-order chi connectivity index (χ0) is 23.7. The van der Waals surface area contributed by atoms with Crippen molar-refractivity contribution >= 4 is 66.9 Å². The molecule has 34 heavy (non-hydrogen) atoms. The number of nitrogens with zero attached hydrogens (tertiary/aromatic N) is 4. The molecule has 5 aromatic rings. The summed E-state index contributed by atoms with van der Waals surface area (Å²) in [7, 11) is -3.97. The molecule has 11 heteroatoms. The van der Waals surface area contributed by atoms with Crippen molar-refractivity contribution < 1.29 is 13.2 Å². The van der Waals surface area contributed by atoms with Gasteiger partial charge in [0.15, 0.2) is 11.6 Å². The van der Waals surface area contributed by atoms with Gasteiger partial charge in [-0.2, -0.15) is 8.75 Å². The number of sulfonamides is 1. The number of para-hydroxylation sites is 2. The Morgan fingerprint density at radius 3 is 2.24 bits per heavy atom. The number of aromatic nitrogens is 4. The molecule has 2 N–H and O–H groups in total. The number of fused-ring (bicyclic) bond motifs is 2. The van der Waals surface area contributed by atoms with Gasteiger partial charge in [0.2, 0.25) is 0 Å². The van der Waals surface area contributed by atoms with Crippen molar-refractivity contribution in [3.8, 4) is 0 Å². The predicted molar refractivity (Wildman–Crippen MR) is 132 cm³/mol. The molecule has 0 spiro atoms. The van der Waals surface area contributed by atoms with Gasteiger partial charge < -0.3 is 5.32 Å². The molecule has 9 nitrogen and oxygen atoms in total. The van der Waals surface area contributed by atoms with Crippen LogP contribution >= 0.6 is 11.7 Å². The van der Waals surface area contributed by atoms with E-state index < -0.39 is 10.0 Å². The van der Waals surface area contributed by atoms with Crippen molar-refractivity contribution in [1.82, 2.24) is 18.7 Å². The van der Waals surface area contributed by atoms with Crippen LogP contribution in [0.3, 0.4) is 0 Å². The van der Waals surface area contributed by atoms with Crippen molar-refractivity contribution in [3.63, 3.8) is 0 Å². The summed E-state index contributed by atoms with van der Waals surface area (Å²) in [6.07, 6.45) is 0.247. The average Bonchev–Trinajstić information content (AvgIpc) is 3.27. The first-order valence-electron chi connectivity index (χ1n) is 10.2. The van der Waals surface area contributed by atoms with Gasteiger partial charge in [-0.05, 0) is 55.0 Å². The monoisotopic (exact) mass is 490 g/mol. The zero-order valence-corrected chi connectivity index (χ0v) is 19.5. The Morgan fingerprint density at radius 1 is 0.853 bits per heavy atom. The summed E-state index contributed by atoms with van der Waals surface area (Å²) in [5, 5.41) is 3.15. The lowest BCUT2D eigenvalue weighted by molar-refractivity contribution is -0.116. The molecule has 0 aliphatic heterocycles. The molecular formula is C23H18N6O3S2. The van der Waals surface area contributed by atoms with Gasteiger partial charge in [0.05, 0.1) is 27.7 Å². The number of anilines is 3. The zero-order valence-electron chi connectivity index (χ0n) is 17.9. The number of benzene rings is 3. The number of rotatable bonds is 7. The molecule has 2 aromatic heterocycles. The lowest BCUT2D eigenvalue weighted by Crippen LogP contribution is -2.16. The highest BCUT2D eigenvalue weighted by Crippen LogP contribution is 2.28. The van der Waals surface area contributed by atoms with Crippen molar-refractivity contribution in [3.05, 3.63) is 72.3 Å². The predicted octanol–water partition coefficient (Wildman–Crippen LogP) is 4.31. The van der Waals surface area contributed by atoms with E-state index in [2.05, 4.69) is 28.8 Å². The number of hydrogen-bond donors (Lipinski definition) is 2. The fourth-order valence-electron chi connectivity index (χ4n) is 3.42. The van der Waals surface area contributed by atoms with E-state index in [1.165, 1.54) is 19.1 Å². The van der Waals surface area contributed by atoms with E-state index in [1.807, 2.05) is 24.3 Å². The lowest BCUT2D eigenvalue weighted by Gasteiger charge is -2.14. The summed E-state index contributed by atoms with van der Waals surface area (Å²) >= 11 is 1.12.